The van der Waals surface area contributed by atoms with E-state index < -0.39 is 0 Å². The zero-order valence-electron chi connectivity index (χ0n) is 9.18. The van der Waals surface area contributed by atoms with Crippen LogP contribution in [0.25, 0.3) is 0 Å². The molecule has 13 heavy (non-hydrogen) atoms. The molecular weight excluding hydrogens is 162 g/mol. The minimum Gasteiger partial charge on any atom is -0.372 e. The van der Waals surface area contributed by atoms with Crippen molar-refractivity contribution in [1.82, 2.24) is 0 Å². The van der Waals surface area contributed by atoms with E-state index in [0.717, 1.165) is 12.8 Å². The SMILES string of the molecule is CCCC(N)CC1CCC(C)(C)O1. The van der Waals surface area contributed by atoms with Crippen molar-refractivity contribution in [3.63, 3.8) is 0 Å². The largest absolute Gasteiger partial charge is 0.372 e. The minimum atomic E-state index is 0.0939. The fraction of sp³-hybridized carbons (Fsp3) is 1.00. The van der Waals surface area contributed by atoms with E-state index in [1.807, 2.05) is 0 Å². The van der Waals surface area contributed by atoms with Gasteiger partial charge in [0.15, 0.2) is 0 Å². The molecule has 0 aromatic heterocycles. The molecule has 0 radical (unpaired) electrons. The summed E-state index contributed by atoms with van der Waals surface area (Å²) in [5.41, 5.74) is 6.07. The molecule has 1 fully saturated rings. The summed E-state index contributed by atoms with van der Waals surface area (Å²) in [6, 6.07) is 0.337. The van der Waals surface area contributed by atoms with Gasteiger partial charge in [-0.1, -0.05) is 13.3 Å². The Balaban J connectivity index is 2.24. The molecule has 0 aromatic carbocycles. The molecule has 0 amide bonds. The molecule has 1 heterocycles. The van der Waals surface area contributed by atoms with Crippen LogP contribution in [0.3, 0.4) is 0 Å². The predicted molar refractivity (Wildman–Crippen MR) is 55.7 cm³/mol. The summed E-state index contributed by atoms with van der Waals surface area (Å²) in [4.78, 5) is 0. The standard InChI is InChI=1S/C11H23NO/c1-4-5-9(12)8-10-6-7-11(2,3)13-10/h9-10H,4-8,12H2,1-3H3. The quantitative estimate of drug-likeness (QED) is 0.730. The fourth-order valence-corrected chi connectivity index (χ4v) is 2.07. The number of hydrogen-bond acceptors (Lipinski definition) is 2. The van der Waals surface area contributed by atoms with Crippen molar-refractivity contribution in [2.45, 2.75) is 70.6 Å². The zero-order chi connectivity index (χ0) is 9.90. The number of ether oxygens (including phenoxy) is 1. The van der Waals surface area contributed by atoms with Crippen LogP contribution in [0.2, 0.25) is 0 Å². The summed E-state index contributed by atoms with van der Waals surface area (Å²) in [5.74, 6) is 0. The Morgan fingerprint density at radius 1 is 1.54 bits per heavy atom. The summed E-state index contributed by atoms with van der Waals surface area (Å²) < 4.78 is 5.89. The first-order chi connectivity index (χ1) is 6.03. The van der Waals surface area contributed by atoms with Crippen molar-refractivity contribution in [3.8, 4) is 0 Å². The molecule has 0 bridgehead atoms. The Morgan fingerprint density at radius 2 is 2.23 bits per heavy atom. The van der Waals surface area contributed by atoms with Crippen molar-refractivity contribution in [3.05, 3.63) is 0 Å². The van der Waals surface area contributed by atoms with Gasteiger partial charge in [-0.05, 0) is 39.5 Å². The van der Waals surface area contributed by atoms with Crippen molar-refractivity contribution < 1.29 is 4.74 Å². The number of nitrogens with two attached hydrogens (primary N) is 1. The number of rotatable bonds is 4. The highest BCUT2D eigenvalue weighted by molar-refractivity contribution is 4.82. The Labute approximate surface area is 81.8 Å². The highest BCUT2D eigenvalue weighted by Gasteiger charge is 2.32. The van der Waals surface area contributed by atoms with Crippen LogP contribution in [-0.4, -0.2) is 17.7 Å². The lowest BCUT2D eigenvalue weighted by atomic mass is 10.0. The van der Waals surface area contributed by atoms with Gasteiger partial charge in [0.25, 0.3) is 0 Å². The Bertz CT molecular complexity index is 156. The summed E-state index contributed by atoms with van der Waals surface area (Å²) in [6.45, 7) is 6.51. The van der Waals surface area contributed by atoms with Gasteiger partial charge in [-0.3, -0.25) is 0 Å². The Morgan fingerprint density at radius 3 is 2.69 bits per heavy atom. The van der Waals surface area contributed by atoms with Crippen LogP contribution >= 0.6 is 0 Å². The molecule has 0 spiro atoms. The topological polar surface area (TPSA) is 35.2 Å². The average Bonchev–Trinajstić information content (AvgIpc) is 2.30. The van der Waals surface area contributed by atoms with E-state index in [-0.39, 0.29) is 5.60 Å². The highest BCUT2D eigenvalue weighted by Crippen LogP contribution is 2.31. The summed E-state index contributed by atoms with van der Waals surface area (Å²) in [7, 11) is 0. The van der Waals surface area contributed by atoms with E-state index in [1.165, 1.54) is 19.3 Å². The third-order valence-electron chi connectivity index (χ3n) is 2.78. The van der Waals surface area contributed by atoms with Gasteiger partial charge < -0.3 is 10.5 Å². The van der Waals surface area contributed by atoms with Gasteiger partial charge in [-0.25, -0.2) is 0 Å². The van der Waals surface area contributed by atoms with Crippen molar-refractivity contribution in [2.75, 3.05) is 0 Å². The van der Waals surface area contributed by atoms with Crippen LogP contribution < -0.4 is 5.73 Å². The Kier molecular flexibility index (Phi) is 3.74. The molecule has 2 heteroatoms. The van der Waals surface area contributed by atoms with Crippen LogP contribution in [0, 0.1) is 0 Å². The zero-order valence-corrected chi connectivity index (χ0v) is 9.18. The third kappa shape index (κ3) is 3.65. The van der Waals surface area contributed by atoms with Gasteiger partial charge in [0.2, 0.25) is 0 Å². The van der Waals surface area contributed by atoms with E-state index in [0.29, 0.717) is 12.1 Å². The van der Waals surface area contributed by atoms with Gasteiger partial charge in [0.1, 0.15) is 0 Å². The summed E-state index contributed by atoms with van der Waals surface area (Å²) >= 11 is 0. The van der Waals surface area contributed by atoms with Crippen molar-refractivity contribution in [2.24, 2.45) is 5.73 Å². The van der Waals surface area contributed by atoms with E-state index in [1.54, 1.807) is 0 Å². The lowest BCUT2D eigenvalue weighted by Gasteiger charge is -2.21. The molecule has 2 unspecified atom stereocenters. The molecule has 0 aromatic rings. The molecule has 1 aliphatic heterocycles. The van der Waals surface area contributed by atoms with Crippen LogP contribution in [0.1, 0.15) is 52.9 Å². The predicted octanol–water partition coefficient (Wildman–Crippen LogP) is 2.46. The van der Waals surface area contributed by atoms with Gasteiger partial charge in [0, 0.05) is 6.04 Å². The van der Waals surface area contributed by atoms with Gasteiger partial charge in [-0.15, -0.1) is 0 Å². The fourth-order valence-electron chi connectivity index (χ4n) is 2.07. The second-order valence-corrected chi connectivity index (χ2v) is 4.82. The molecule has 1 rings (SSSR count). The molecule has 1 aliphatic rings. The molecule has 2 N–H and O–H groups in total. The molecule has 0 aliphatic carbocycles. The molecule has 1 saturated heterocycles. The smallest absolute Gasteiger partial charge is 0.0631 e. The van der Waals surface area contributed by atoms with Gasteiger partial charge in [0.05, 0.1) is 11.7 Å². The van der Waals surface area contributed by atoms with Gasteiger partial charge >= 0.3 is 0 Å². The molecule has 0 saturated carbocycles. The molecule has 78 valence electrons. The number of hydrogen-bond donors (Lipinski definition) is 1. The Hall–Kier alpha value is -0.0800. The maximum absolute atomic E-state index is 5.97. The first kappa shape index (κ1) is 11.0. The maximum atomic E-state index is 5.97. The van der Waals surface area contributed by atoms with Crippen LogP contribution in [0.5, 0.6) is 0 Å². The second-order valence-electron chi connectivity index (χ2n) is 4.82. The van der Waals surface area contributed by atoms with Crippen LogP contribution in [-0.2, 0) is 4.74 Å². The first-order valence-corrected chi connectivity index (χ1v) is 5.47. The maximum Gasteiger partial charge on any atom is 0.0631 e. The van der Waals surface area contributed by atoms with E-state index in [9.17, 15) is 0 Å². The lowest BCUT2D eigenvalue weighted by Crippen LogP contribution is -2.27. The second kappa shape index (κ2) is 4.43. The van der Waals surface area contributed by atoms with Gasteiger partial charge in [-0.2, -0.15) is 0 Å². The summed E-state index contributed by atoms with van der Waals surface area (Å²) in [6.07, 6.45) is 6.12. The minimum absolute atomic E-state index is 0.0939. The van der Waals surface area contributed by atoms with Crippen molar-refractivity contribution >= 4 is 0 Å². The molecular formula is C11H23NO. The normalized spacial score (nSPS) is 29.1. The van der Waals surface area contributed by atoms with E-state index in [2.05, 4.69) is 20.8 Å². The first-order valence-electron chi connectivity index (χ1n) is 5.47. The average molecular weight is 185 g/mol. The molecule has 2 atom stereocenters. The van der Waals surface area contributed by atoms with Crippen LogP contribution in [0.15, 0.2) is 0 Å². The highest BCUT2D eigenvalue weighted by atomic mass is 16.5. The third-order valence-corrected chi connectivity index (χ3v) is 2.78. The molecule has 2 nitrogen and oxygen atoms in total. The lowest BCUT2D eigenvalue weighted by molar-refractivity contribution is -0.0208. The van der Waals surface area contributed by atoms with E-state index >= 15 is 0 Å². The van der Waals surface area contributed by atoms with E-state index in [4.69, 9.17) is 10.5 Å². The van der Waals surface area contributed by atoms with Crippen LogP contribution in [0.4, 0.5) is 0 Å². The monoisotopic (exact) mass is 185 g/mol. The van der Waals surface area contributed by atoms with Crippen molar-refractivity contribution in [1.29, 1.82) is 0 Å². The summed E-state index contributed by atoms with van der Waals surface area (Å²) in [5, 5.41) is 0.